The van der Waals surface area contributed by atoms with E-state index in [2.05, 4.69) is 0 Å². The summed E-state index contributed by atoms with van der Waals surface area (Å²) < 4.78 is 3.00. The van der Waals surface area contributed by atoms with Crippen LogP contribution in [0.5, 0.6) is 0 Å². The van der Waals surface area contributed by atoms with E-state index in [1.165, 1.54) is 4.57 Å². The van der Waals surface area contributed by atoms with Gasteiger partial charge in [0.1, 0.15) is 0 Å². The van der Waals surface area contributed by atoms with Crippen molar-refractivity contribution in [3.8, 4) is 0 Å². The third-order valence-corrected chi connectivity index (χ3v) is 6.59. The minimum atomic E-state index is -0.382. The molecule has 0 aliphatic heterocycles. The average molecular weight is 440 g/mol. The third-order valence-electron chi connectivity index (χ3n) is 6.59. The van der Waals surface area contributed by atoms with Gasteiger partial charge in [-0.15, -0.1) is 12.4 Å². The van der Waals surface area contributed by atoms with Crippen molar-refractivity contribution in [3.05, 3.63) is 62.3 Å². The van der Waals surface area contributed by atoms with E-state index < -0.39 is 0 Å². The van der Waals surface area contributed by atoms with Gasteiger partial charge in [-0.2, -0.15) is 0 Å². The standard InChI is InChI=1S/C24H25N3O3.ClH/c1-24(2)11-10-14-15(21(24)28)8-9-18-19(14)16-6-5-7-17-20(16)27(18)23(30)26(22(17)29)13-12-25(3)4;/h5-9H,10-13H2,1-4H3;1H. The Morgan fingerprint density at radius 3 is 2.45 bits per heavy atom. The van der Waals surface area contributed by atoms with Gasteiger partial charge in [0, 0.05) is 34.8 Å². The number of para-hydroxylation sites is 1. The molecule has 0 spiro atoms. The molecule has 0 unspecified atom stereocenters. The minimum Gasteiger partial charge on any atom is -0.308 e. The first kappa shape index (κ1) is 21.5. The van der Waals surface area contributed by atoms with Gasteiger partial charge >= 0.3 is 5.69 Å². The van der Waals surface area contributed by atoms with Crippen LogP contribution in [-0.4, -0.2) is 40.3 Å². The Bertz CT molecular complexity index is 1460. The lowest BCUT2D eigenvalue weighted by Crippen LogP contribution is -2.39. The first-order valence-corrected chi connectivity index (χ1v) is 10.4. The van der Waals surface area contributed by atoms with Crippen molar-refractivity contribution in [2.45, 2.75) is 33.2 Å². The molecule has 1 aliphatic rings. The lowest BCUT2D eigenvalue weighted by molar-refractivity contribution is 0.0812. The molecule has 0 fully saturated rings. The van der Waals surface area contributed by atoms with Crippen LogP contribution in [0.3, 0.4) is 0 Å². The number of hydrogen-bond donors (Lipinski definition) is 0. The zero-order valence-corrected chi connectivity index (χ0v) is 19.0. The van der Waals surface area contributed by atoms with Crippen molar-refractivity contribution in [2.24, 2.45) is 5.41 Å². The third kappa shape index (κ3) is 2.92. The maximum absolute atomic E-state index is 13.4. The number of rotatable bonds is 3. The Labute approximate surface area is 185 Å². The zero-order valence-electron chi connectivity index (χ0n) is 18.2. The summed E-state index contributed by atoms with van der Waals surface area (Å²) in [5, 5.41) is 2.35. The average Bonchev–Trinajstić information content (AvgIpc) is 3.04. The van der Waals surface area contributed by atoms with Crippen molar-refractivity contribution >= 4 is 45.4 Å². The van der Waals surface area contributed by atoms with Crippen LogP contribution < -0.4 is 11.2 Å². The highest BCUT2D eigenvalue weighted by molar-refractivity contribution is 6.18. The second-order valence-electron chi connectivity index (χ2n) is 9.28. The molecule has 4 aromatic rings. The molecule has 162 valence electrons. The van der Waals surface area contributed by atoms with E-state index in [1.54, 1.807) is 10.5 Å². The zero-order chi connectivity index (χ0) is 21.4. The molecule has 2 aromatic carbocycles. The first-order valence-electron chi connectivity index (χ1n) is 10.4. The molecule has 0 saturated carbocycles. The van der Waals surface area contributed by atoms with Gasteiger partial charge in [0.05, 0.1) is 16.4 Å². The molecule has 1 aliphatic carbocycles. The number of carbonyl (C=O) groups is 1. The van der Waals surface area contributed by atoms with Crippen LogP contribution in [0.1, 0.15) is 36.2 Å². The molecule has 2 aromatic heterocycles. The molecule has 6 nitrogen and oxygen atoms in total. The molecule has 0 atom stereocenters. The van der Waals surface area contributed by atoms with Crippen LogP contribution in [0.15, 0.2) is 39.9 Å². The van der Waals surface area contributed by atoms with Gasteiger partial charge in [-0.3, -0.25) is 18.6 Å². The highest BCUT2D eigenvalue weighted by Gasteiger charge is 2.35. The fraction of sp³-hybridized carbons (Fsp3) is 0.375. The Hall–Kier alpha value is -2.70. The number of benzene rings is 2. The van der Waals surface area contributed by atoms with Gasteiger partial charge < -0.3 is 4.90 Å². The van der Waals surface area contributed by atoms with Crippen LogP contribution in [0.2, 0.25) is 0 Å². The van der Waals surface area contributed by atoms with Crippen molar-refractivity contribution in [3.63, 3.8) is 0 Å². The maximum Gasteiger partial charge on any atom is 0.336 e. The molecule has 0 bridgehead atoms. The highest BCUT2D eigenvalue weighted by Crippen LogP contribution is 2.41. The SMILES string of the molecule is CN(C)CCn1c(=O)c2cccc3c4c5c(ccc4n(c1=O)c23)C(=O)C(C)(C)CC5.Cl. The molecular formula is C24H26ClN3O3. The summed E-state index contributed by atoms with van der Waals surface area (Å²) in [7, 11) is 3.84. The number of hydrogen-bond acceptors (Lipinski definition) is 4. The van der Waals surface area contributed by atoms with Gasteiger partial charge in [-0.05, 0) is 50.7 Å². The molecule has 31 heavy (non-hydrogen) atoms. The predicted molar refractivity (Wildman–Crippen MR) is 126 cm³/mol. The van der Waals surface area contributed by atoms with Crippen molar-refractivity contribution in [1.82, 2.24) is 13.9 Å². The van der Waals surface area contributed by atoms with Gasteiger partial charge in [0.15, 0.2) is 5.78 Å². The van der Waals surface area contributed by atoms with Gasteiger partial charge in [0.2, 0.25) is 0 Å². The van der Waals surface area contributed by atoms with E-state index in [1.807, 2.05) is 57.1 Å². The molecule has 0 radical (unpaired) electrons. The number of aromatic nitrogens is 2. The van der Waals surface area contributed by atoms with Crippen molar-refractivity contribution in [2.75, 3.05) is 20.6 Å². The summed E-state index contributed by atoms with van der Waals surface area (Å²) in [5.41, 5.74) is 2.22. The summed E-state index contributed by atoms with van der Waals surface area (Å²) in [6.07, 6.45) is 1.55. The fourth-order valence-electron chi connectivity index (χ4n) is 4.84. The highest BCUT2D eigenvalue weighted by atomic mass is 35.5. The Kier molecular flexibility index (Phi) is 4.98. The lowest BCUT2D eigenvalue weighted by Gasteiger charge is -2.30. The minimum absolute atomic E-state index is 0. The molecule has 2 heterocycles. The smallest absolute Gasteiger partial charge is 0.308 e. The number of carbonyl (C=O) groups excluding carboxylic acids is 1. The van der Waals surface area contributed by atoms with Gasteiger partial charge in [-0.1, -0.05) is 26.0 Å². The summed E-state index contributed by atoms with van der Waals surface area (Å²) in [4.78, 5) is 41.6. The van der Waals surface area contributed by atoms with E-state index in [0.29, 0.717) is 24.0 Å². The normalized spacial score (nSPS) is 15.7. The van der Waals surface area contributed by atoms with E-state index in [-0.39, 0.29) is 34.9 Å². The number of nitrogens with zero attached hydrogens (tertiary/aromatic N) is 3. The van der Waals surface area contributed by atoms with Gasteiger partial charge in [0.25, 0.3) is 5.56 Å². The maximum atomic E-state index is 13.4. The van der Waals surface area contributed by atoms with E-state index in [4.69, 9.17) is 0 Å². The molecule has 0 N–H and O–H groups in total. The molecule has 5 rings (SSSR count). The Balaban J connectivity index is 0.00000231. The lowest BCUT2D eigenvalue weighted by atomic mass is 9.72. The fourth-order valence-corrected chi connectivity index (χ4v) is 4.84. The second-order valence-corrected chi connectivity index (χ2v) is 9.28. The molecular weight excluding hydrogens is 414 g/mol. The van der Waals surface area contributed by atoms with Crippen LogP contribution in [0, 0.1) is 5.41 Å². The topological polar surface area (TPSA) is 63.8 Å². The number of aryl methyl sites for hydroxylation is 1. The number of ketones is 1. The van der Waals surface area contributed by atoms with E-state index >= 15 is 0 Å². The molecule has 0 amide bonds. The second kappa shape index (κ2) is 7.18. The van der Waals surface area contributed by atoms with Crippen LogP contribution >= 0.6 is 12.4 Å². The summed E-state index contributed by atoms with van der Waals surface area (Å²) >= 11 is 0. The van der Waals surface area contributed by atoms with E-state index in [0.717, 1.165) is 40.3 Å². The Morgan fingerprint density at radius 1 is 1.03 bits per heavy atom. The predicted octanol–water partition coefficient (Wildman–Crippen LogP) is 3.34. The Morgan fingerprint density at radius 2 is 1.74 bits per heavy atom. The largest absolute Gasteiger partial charge is 0.336 e. The van der Waals surface area contributed by atoms with Crippen LogP contribution in [0.25, 0.3) is 27.2 Å². The monoisotopic (exact) mass is 439 g/mol. The van der Waals surface area contributed by atoms with Crippen molar-refractivity contribution in [1.29, 1.82) is 0 Å². The number of Topliss-reactive ketones (excluding diaryl/α,β-unsaturated/α-hetero) is 1. The molecule has 0 saturated heterocycles. The number of halogens is 1. The van der Waals surface area contributed by atoms with Crippen LogP contribution in [-0.2, 0) is 13.0 Å². The molecule has 7 heteroatoms. The van der Waals surface area contributed by atoms with Crippen molar-refractivity contribution < 1.29 is 4.79 Å². The summed E-state index contributed by atoms with van der Waals surface area (Å²) in [6, 6.07) is 9.34. The quantitative estimate of drug-likeness (QED) is 0.491. The van der Waals surface area contributed by atoms with Gasteiger partial charge in [-0.25, -0.2) is 4.79 Å². The van der Waals surface area contributed by atoms with Crippen LogP contribution in [0.4, 0.5) is 0 Å². The number of likely N-dealkylation sites (N-methyl/N-ethyl adjacent to an activating group) is 1. The van der Waals surface area contributed by atoms with E-state index in [9.17, 15) is 14.4 Å². The summed E-state index contributed by atoms with van der Waals surface area (Å²) in [6.45, 7) is 4.91. The first-order chi connectivity index (χ1) is 14.2. The number of fused-ring (bicyclic) bond motifs is 5. The summed E-state index contributed by atoms with van der Waals surface area (Å²) in [5.74, 6) is 0.146.